The Morgan fingerprint density at radius 1 is 0.767 bits per heavy atom. The Kier molecular flexibility index (Phi) is 16.2. The highest BCUT2D eigenvalue weighted by atomic mass is 16.5. The highest BCUT2D eigenvalue weighted by Crippen LogP contribution is 2.21. The Morgan fingerprint density at radius 3 is 2.07 bits per heavy atom. The molecule has 6 heteroatoms. The number of hydrogen-bond acceptors (Lipinski definition) is 6. The first-order chi connectivity index (χ1) is 14.3. The molecule has 0 bridgehead atoms. The molecule has 0 spiro atoms. The zero-order valence-electron chi connectivity index (χ0n) is 19.9. The molecule has 0 aromatic rings. The SMILES string of the molecule is CCCCCC(CC)OC(=O)CCCCCOC(=O)CCCOC(=O)C(C)(C)CC. The lowest BCUT2D eigenvalue weighted by Crippen LogP contribution is -2.26. The second-order valence-corrected chi connectivity index (χ2v) is 8.52. The quantitative estimate of drug-likeness (QED) is 0.157. The fraction of sp³-hybridized carbons (Fsp3) is 0.875. The lowest BCUT2D eigenvalue weighted by molar-refractivity contribution is -0.155. The number of unbranched alkanes of at least 4 members (excludes halogenated alkanes) is 4. The monoisotopic (exact) mass is 428 g/mol. The van der Waals surface area contributed by atoms with Gasteiger partial charge in [0.15, 0.2) is 0 Å². The Morgan fingerprint density at radius 2 is 1.43 bits per heavy atom. The fourth-order valence-corrected chi connectivity index (χ4v) is 2.74. The number of hydrogen-bond donors (Lipinski definition) is 0. The summed E-state index contributed by atoms with van der Waals surface area (Å²) in [6.07, 6.45) is 9.41. The third kappa shape index (κ3) is 14.4. The van der Waals surface area contributed by atoms with E-state index in [1.54, 1.807) is 0 Å². The van der Waals surface area contributed by atoms with Crippen molar-refractivity contribution in [2.45, 2.75) is 118 Å². The summed E-state index contributed by atoms with van der Waals surface area (Å²) in [5, 5.41) is 0. The van der Waals surface area contributed by atoms with Crippen LogP contribution in [0.15, 0.2) is 0 Å². The van der Waals surface area contributed by atoms with Crippen LogP contribution in [0.2, 0.25) is 0 Å². The lowest BCUT2D eigenvalue weighted by atomic mass is 9.91. The minimum Gasteiger partial charge on any atom is -0.466 e. The van der Waals surface area contributed by atoms with E-state index >= 15 is 0 Å². The molecule has 1 atom stereocenters. The molecule has 0 aliphatic carbocycles. The summed E-state index contributed by atoms with van der Waals surface area (Å²) in [7, 11) is 0. The van der Waals surface area contributed by atoms with Gasteiger partial charge in [0, 0.05) is 12.8 Å². The first-order valence-electron chi connectivity index (χ1n) is 11.8. The molecule has 0 aromatic carbocycles. The van der Waals surface area contributed by atoms with Crippen molar-refractivity contribution in [3.05, 3.63) is 0 Å². The van der Waals surface area contributed by atoms with E-state index in [0.29, 0.717) is 25.9 Å². The molecule has 6 nitrogen and oxygen atoms in total. The third-order valence-corrected chi connectivity index (χ3v) is 5.37. The fourth-order valence-electron chi connectivity index (χ4n) is 2.74. The third-order valence-electron chi connectivity index (χ3n) is 5.37. The molecular formula is C24H44O6. The summed E-state index contributed by atoms with van der Waals surface area (Å²) in [6, 6.07) is 0. The second kappa shape index (κ2) is 17.1. The van der Waals surface area contributed by atoms with Crippen molar-refractivity contribution in [1.82, 2.24) is 0 Å². The molecule has 0 radical (unpaired) electrons. The van der Waals surface area contributed by atoms with Crippen molar-refractivity contribution in [2.24, 2.45) is 5.41 Å². The van der Waals surface area contributed by atoms with E-state index in [9.17, 15) is 14.4 Å². The summed E-state index contributed by atoms with van der Waals surface area (Å²) >= 11 is 0. The van der Waals surface area contributed by atoms with Gasteiger partial charge in [0.25, 0.3) is 0 Å². The van der Waals surface area contributed by atoms with Gasteiger partial charge in [-0.3, -0.25) is 14.4 Å². The molecule has 0 aliphatic heterocycles. The standard InChI is InChI=1S/C24H44O6/c1-6-9-11-15-20(7-2)30-22(26)16-12-10-13-18-28-21(25)17-14-19-29-23(27)24(4,5)8-3/h20H,6-19H2,1-5H3. The van der Waals surface area contributed by atoms with Crippen molar-refractivity contribution in [1.29, 1.82) is 0 Å². The largest absolute Gasteiger partial charge is 0.466 e. The van der Waals surface area contributed by atoms with Gasteiger partial charge in [0.2, 0.25) is 0 Å². The highest BCUT2D eigenvalue weighted by Gasteiger charge is 2.26. The summed E-state index contributed by atoms with van der Waals surface area (Å²) < 4.78 is 15.9. The van der Waals surface area contributed by atoms with Crippen LogP contribution >= 0.6 is 0 Å². The molecule has 0 saturated carbocycles. The van der Waals surface area contributed by atoms with Crippen molar-refractivity contribution >= 4 is 17.9 Å². The van der Waals surface area contributed by atoms with Crippen molar-refractivity contribution in [3.8, 4) is 0 Å². The van der Waals surface area contributed by atoms with Crippen LogP contribution in [0.4, 0.5) is 0 Å². The Hall–Kier alpha value is -1.59. The Labute approximate surface area is 183 Å². The zero-order valence-corrected chi connectivity index (χ0v) is 19.9. The minimum atomic E-state index is -0.487. The van der Waals surface area contributed by atoms with Crippen LogP contribution < -0.4 is 0 Å². The van der Waals surface area contributed by atoms with Gasteiger partial charge < -0.3 is 14.2 Å². The van der Waals surface area contributed by atoms with Crippen LogP contribution in [0, 0.1) is 5.41 Å². The first kappa shape index (κ1) is 28.4. The molecule has 0 heterocycles. The lowest BCUT2D eigenvalue weighted by Gasteiger charge is -2.20. The summed E-state index contributed by atoms with van der Waals surface area (Å²) in [5.74, 6) is -0.641. The van der Waals surface area contributed by atoms with Gasteiger partial charge in [0.05, 0.1) is 18.6 Å². The molecule has 1 unspecified atom stereocenters. The topological polar surface area (TPSA) is 78.9 Å². The van der Waals surface area contributed by atoms with Gasteiger partial charge in [-0.1, -0.05) is 33.6 Å². The summed E-state index contributed by atoms with van der Waals surface area (Å²) in [6.45, 7) is 10.4. The molecule has 176 valence electrons. The molecule has 0 fully saturated rings. The number of esters is 3. The predicted molar refractivity (Wildman–Crippen MR) is 118 cm³/mol. The van der Waals surface area contributed by atoms with E-state index in [1.807, 2.05) is 27.7 Å². The number of ether oxygens (including phenoxy) is 3. The van der Waals surface area contributed by atoms with E-state index in [2.05, 4.69) is 6.92 Å². The van der Waals surface area contributed by atoms with Gasteiger partial charge in [-0.05, 0) is 65.2 Å². The number of rotatable bonds is 18. The van der Waals surface area contributed by atoms with E-state index in [4.69, 9.17) is 14.2 Å². The molecule has 0 aromatic heterocycles. The van der Waals surface area contributed by atoms with Crippen LogP contribution in [0.1, 0.15) is 112 Å². The van der Waals surface area contributed by atoms with Crippen molar-refractivity contribution < 1.29 is 28.6 Å². The van der Waals surface area contributed by atoms with Crippen molar-refractivity contribution in [2.75, 3.05) is 13.2 Å². The number of carbonyl (C=O) groups is 3. The molecule has 0 aliphatic rings. The van der Waals surface area contributed by atoms with E-state index in [0.717, 1.165) is 38.5 Å². The average molecular weight is 429 g/mol. The van der Waals surface area contributed by atoms with Crippen LogP contribution in [0.5, 0.6) is 0 Å². The van der Waals surface area contributed by atoms with E-state index in [-0.39, 0.29) is 37.0 Å². The maximum Gasteiger partial charge on any atom is 0.311 e. The molecule has 0 amide bonds. The second-order valence-electron chi connectivity index (χ2n) is 8.52. The molecule has 30 heavy (non-hydrogen) atoms. The van der Waals surface area contributed by atoms with Crippen LogP contribution in [-0.2, 0) is 28.6 Å². The van der Waals surface area contributed by atoms with Gasteiger partial charge >= 0.3 is 17.9 Å². The maximum absolute atomic E-state index is 11.9. The van der Waals surface area contributed by atoms with Crippen LogP contribution in [-0.4, -0.2) is 37.2 Å². The van der Waals surface area contributed by atoms with Gasteiger partial charge in [-0.25, -0.2) is 0 Å². The van der Waals surface area contributed by atoms with Gasteiger partial charge in [-0.15, -0.1) is 0 Å². The first-order valence-corrected chi connectivity index (χ1v) is 11.8. The summed E-state index contributed by atoms with van der Waals surface area (Å²) in [4.78, 5) is 35.5. The smallest absolute Gasteiger partial charge is 0.311 e. The van der Waals surface area contributed by atoms with E-state index < -0.39 is 5.41 Å². The summed E-state index contributed by atoms with van der Waals surface area (Å²) in [5.41, 5.74) is -0.487. The van der Waals surface area contributed by atoms with Gasteiger partial charge in [0.1, 0.15) is 6.10 Å². The van der Waals surface area contributed by atoms with Crippen LogP contribution in [0.25, 0.3) is 0 Å². The van der Waals surface area contributed by atoms with E-state index in [1.165, 1.54) is 12.8 Å². The van der Waals surface area contributed by atoms with Crippen molar-refractivity contribution in [3.63, 3.8) is 0 Å². The Bertz CT molecular complexity index is 486. The van der Waals surface area contributed by atoms with Gasteiger partial charge in [-0.2, -0.15) is 0 Å². The predicted octanol–water partition coefficient (Wildman–Crippen LogP) is 5.75. The molecular weight excluding hydrogens is 384 g/mol. The molecule has 0 rings (SSSR count). The Balaban J connectivity index is 3.68. The highest BCUT2D eigenvalue weighted by molar-refractivity contribution is 5.75. The molecule has 0 N–H and O–H groups in total. The molecule has 0 saturated heterocycles. The minimum absolute atomic E-state index is 0.0392. The number of carbonyl (C=O) groups excluding carboxylic acids is 3. The average Bonchev–Trinajstić information content (AvgIpc) is 2.72. The normalized spacial score (nSPS) is 12.3. The maximum atomic E-state index is 11.9. The zero-order chi connectivity index (χ0) is 22.8. The van der Waals surface area contributed by atoms with Crippen LogP contribution in [0.3, 0.4) is 0 Å².